The minimum atomic E-state index is -3.69. The zero-order valence-corrected chi connectivity index (χ0v) is 17.6. The molecule has 2 aliphatic rings. The fourth-order valence-corrected chi connectivity index (χ4v) is 5.05. The van der Waals surface area contributed by atoms with Gasteiger partial charge in [0.05, 0.1) is 10.6 Å². The summed E-state index contributed by atoms with van der Waals surface area (Å²) >= 11 is 0. The lowest BCUT2D eigenvalue weighted by atomic mass is 10.1. The second kappa shape index (κ2) is 8.57. The van der Waals surface area contributed by atoms with Crippen LogP contribution in [0.3, 0.4) is 0 Å². The smallest absolute Gasteiger partial charge is 0.265 e. The number of unbranched alkanes of at least 4 members (excludes halogenated alkanes) is 1. The Balaban J connectivity index is 1.47. The van der Waals surface area contributed by atoms with Gasteiger partial charge in [-0.1, -0.05) is 13.3 Å². The highest BCUT2D eigenvalue weighted by molar-refractivity contribution is 7.89. The molecule has 0 aliphatic carbocycles. The van der Waals surface area contributed by atoms with Crippen LogP contribution in [0, 0.1) is 0 Å². The van der Waals surface area contributed by atoms with Crippen LogP contribution in [0.4, 0.5) is 11.6 Å². The molecule has 30 heavy (non-hydrogen) atoms. The third kappa shape index (κ3) is 4.10. The van der Waals surface area contributed by atoms with Gasteiger partial charge in [-0.25, -0.2) is 18.4 Å². The van der Waals surface area contributed by atoms with Gasteiger partial charge in [0, 0.05) is 38.6 Å². The number of carbonyl (C=O) groups is 1. The van der Waals surface area contributed by atoms with Crippen LogP contribution in [0.2, 0.25) is 0 Å². The molecule has 0 spiro atoms. The number of sulfonamides is 1. The van der Waals surface area contributed by atoms with Crippen LogP contribution in [0.25, 0.3) is 0 Å². The van der Waals surface area contributed by atoms with E-state index in [0.29, 0.717) is 50.0 Å². The number of nitrogens with one attached hydrogen (secondary N) is 1. The van der Waals surface area contributed by atoms with Crippen molar-refractivity contribution < 1.29 is 17.9 Å². The molecule has 1 atom stereocenters. The van der Waals surface area contributed by atoms with Gasteiger partial charge in [-0.2, -0.15) is 4.31 Å². The van der Waals surface area contributed by atoms with Crippen molar-refractivity contribution in [1.82, 2.24) is 14.3 Å². The number of nitrogens with zero attached hydrogens (tertiary/aromatic N) is 4. The Morgan fingerprint density at radius 3 is 2.60 bits per heavy atom. The lowest BCUT2D eigenvalue weighted by molar-refractivity contribution is -0.123. The third-order valence-corrected chi connectivity index (χ3v) is 7.20. The largest absolute Gasteiger partial charge is 0.478 e. The van der Waals surface area contributed by atoms with Gasteiger partial charge in [0.2, 0.25) is 16.0 Å². The molecule has 160 valence electrons. The number of aromatic nitrogens is 2. The molecule has 10 heteroatoms. The summed E-state index contributed by atoms with van der Waals surface area (Å²) in [5.41, 5.74) is 0.394. The average molecular weight is 432 g/mol. The summed E-state index contributed by atoms with van der Waals surface area (Å²) in [4.78, 5) is 22.8. The van der Waals surface area contributed by atoms with Gasteiger partial charge < -0.3 is 15.0 Å². The highest BCUT2D eigenvalue weighted by Crippen LogP contribution is 2.34. The Kier molecular flexibility index (Phi) is 5.87. The van der Waals surface area contributed by atoms with E-state index in [0.717, 1.165) is 12.8 Å². The van der Waals surface area contributed by atoms with Crippen LogP contribution in [-0.4, -0.2) is 60.9 Å². The standard InChI is InChI=1S/C20H25N5O4S/c1-2-3-5-18-19(26)23-16-14-15(6-7-17(16)29-18)30(27,28)25-12-10-24(11-13-25)20-21-8-4-9-22-20/h4,6-9,14,18H,2-3,5,10-13H2,1H3,(H,23,26)/t18-/m0/s1. The van der Waals surface area contributed by atoms with E-state index in [2.05, 4.69) is 22.2 Å². The molecule has 2 aromatic rings. The first-order valence-electron chi connectivity index (χ1n) is 10.1. The van der Waals surface area contributed by atoms with Crippen molar-refractivity contribution in [2.24, 2.45) is 0 Å². The molecule has 0 unspecified atom stereocenters. The summed E-state index contributed by atoms with van der Waals surface area (Å²) in [5, 5.41) is 2.79. The quantitative estimate of drug-likeness (QED) is 0.744. The molecule has 9 nitrogen and oxygen atoms in total. The van der Waals surface area contributed by atoms with E-state index >= 15 is 0 Å². The number of hydrogen-bond acceptors (Lipinski definition) is 7. The fourth-order valence-electron chi connectivity index (χ4n) is 3.60. The number of ether oxygens (including phenoxy) is 1. The molecule has 1 fully saturated rings. The number of benzene rings is 1. The summed E-state index contributed by atoms with van der Waals surface area (Å²) in [7, 11) is -3.69. The molecule has 1 aromatic heterocycles. The predicted octanol–water partition coefficient (Wildman–Crippen LogP) is 1.88. The van der Waals surface area contributed by atoms with Crippen molar-refractivity contribution in [2.45, 2.75) is 37.2 Å². The topological polar surface area (TPSA) is 105 Å². The number of rotatable bonds is 6. The van der Waals surface area contributed by atoms with Gasteiger partial charge in [-0.15, -0.1) is 0 Å². The maximum atomic E-state index is 13.1. The van der Waals surface area contributed by atoms with Crippen LogP contribution in [0.1, 0.15) is 26.2 Å². The first-order chi connectivity index (χ1) is 14.5. The number of piperazine rings is 1. The van der Waals surface area contributed by atoms with Gasteiger partial charge in [-0.05, 0) is 37.1 Å². The summed E-state index contributed by atoms with van der Waals surface area (Å²) in [6.07, 6.45) is 5.30. The van der Waals surface area contributed by atoms with Gasteiger partial charge in [0.15, 0.2) is 6.10 Å². The van der Waals surface area contributed by atoms with Gasteiger partial charge in [0.25, 0.3) is 5.91 Å². The molecule has 0 radical (unpaired) electrons. The molecule has 0 bridgehead atoms. The van der Waals surface area contributed by atoms with E-state index in [9.17, 15) is 13.2 Å². The second-order valence-electron chi connectivity index (χ2n) is 7.34. The predicted molar refractivity (Wildman–Crippen MR) is 112 cm³/mol. The number of hydrogen-bond donors (Lipinski definition) is 1. The summed E-state index contributed by atoms with van der Waals surface area (Å²) in [6, 6.07) is 6.38. The monoisotopic (exact) mass is 431 g/mol. The normalized spacial score (nSPS) is 19.7. The van der Waals surface area contributed by atoms with Crippen LogP contribution < -0.4 is 15.0 Å². The van der Waals surface area contributed by atoms with Crippen molar-refractivity contribution in [1.29, 1.82) is 0 Å². The van der Waals surface area contributed by atoms with Crippen molar-refractivity contribution >= 4 is 27.6 Å². The first kappa shape index (κ1) is 20.5. The van der Waals surface area contributed by atoms with Crippen molar-refractivity contribution in [3.05, 3.63) is 36.7 Å². The maximum Gasteiger partial charge on any atom is 0.265 e. The Bertz CT molecular complexity index is 1010. The molecule has 1 aromatic carbocycles. The Morgan fingerprint density at radius 2 is 1.90 bits per heavy atom. The zero-order chi connectivity index (χ0) is 21.1. The number of anilines is 2. The van der Waals surface area contributed by atoms with Gasteiger partial charge >= 0.3 is 0 Å². The Morgan fingerprint density at radius 1 is 1.17 bits per heavy atom. The van der Waals surface area contributed by atoms with E-state index in [4.69, 9.17) is 4.74 Å². The van der Waals surface area contributed by atoms with Crippen LogP contribution in [0.15, 0.2) is 41.6 Å². The van der Waals surface area contributed by atoms with Crippen molar-refractivity contribution in [3.8, 4) is 5.75 Å². The first-order valence-corrected chi connectivity index (χ1v) is 11.6. The summed E-state index contributed by atoms with van der Waals surface area (Å²) in [6.45, 7) is 3.73. The van der Waals surface area contributed by atoms with E-state index in [-0.39, 0.29) is 10.8 Å². The molecule has 1 saturated heterocycles. The maximum absolute atomic E-state index is 13.1. The average Bonchev–Trinajstić information content (AvgIpc) is 2.78. The van der Waals surface area contributed by atoms with Gasteiger partial charge in [0.1, 0.15) is 5.75 Å². The highest BCUT2D eigenvalue weighted by atomic mass is 32.2. The van der Waals surface area contributed by atoms with Crippen LogP contribution in [0.5, 0.6) is 5.75 Å². The zero-order valence-electron chi connectivity index (χ0n) is 16.8. The SMILES string of the molecule is CCCC[C@@H]1Oc2ccc(S(=O)(=O)N3CCN(c4ncccn4)CC3)cc2NC1=O. The molecule has 4 rings (SSSR count). The molecule has 0 saturated carbocycles. The molecule has 2 aliphatic heterocycles. The van der Waals surface area contributed by atoms with E-state index in [1.807, 2.05) is 4.90 Å². The minimum Gasteiger partial charge on any atom is -0.478 e. The Labute approximate surface area is 176 Å². The third-order valence-electron chi connectivity index (χ3n) is 5.30. The lowest BCUT2D eigenvalue weighted by Gasteiger charge is -2.34. The summed E-state index contributed by atoms with van der Waals surface area (Å²) in [5.74, 6) is 0.864. The van der Waals surface area contributed by atoms with Crippen molar-refractivity contribution in [3.63, 3.8) is 0 Å². The molecular weight excluding hydrogens is 406 g/mol. The van der Waals surface area contributed by atoms with Crippen LogP contribution in [-0.2, 0) is 14.8 Å². The molecule has 1 amide bonds. The number of amides is 1. The van der Waals surface area contributed by atoms with Crippen molar-refractivity contribution in [2.75, 3.05) is 36.4 Å². The molecule has 3 heterocycles. The van der Waals surface area contributed by atoms with Crippen LogP contribution >= 0.6 is 0 Å². The molecule has 1 N–H and O–H groups in total. The van der Waals surface area contributed by atoms with E-state index in [1.165, 1.54) is 16.4 Å². The Hall–Kier alpha value is -2.72. The second-order valence-corrected chi connectivity index (χ2v) is 9.27. The van der Waals surface area contributed by atoms with E-state index in [1.54, 1.807) is 24.5 Å². The number of fused-ring (bicyclic) bond motifs is 1. The molecular formula is C20H25N5O4S. The minimum absolute atomic E-state index is 0.140. The summed E-state index contributed by atoms with van der Waals surface area (Å²) < 4.78 is 33.5. The number of carbonyl (C=O) groups excluding carboxylic acids is 1. The fraction of sp³-hybridized carbons (Fsp3) is 0.450. The van der Waals surface area contributed by atoms with E-state index < -0.39 is 16.1 Å². The lowest BCUT2D eigenvalue weighted by Crippen LogP contribution is -2.49. The van der Waals surface area contributed by atoms with Gasteiger partial charge in [-0.3, -0.25) is 4.79 Å². The highest BCUT2D eigenvalue weighted by Gasteiger charge is 2.32.